The molecular weight excluding hydrogens is 399 g/mol. The van der Waals surface area contributed by atoms with Crippen LogP contribution in [-0.4, -0.2) is 34.2 Å². The number of alkyl halides is 3. The van der Waals surface area contributed by atoms with Crippen molar-refractivity contribution < 1.29 is 32.6 Å². The van der Waals surface area contributed by atoms with Gasteiger partial charge in [-0.2, -0.15) is 13.2 Å². The Morgan fingerprint density at radius 2 is 2.14 bits per heavy atom. The van der Waals surface area contributed by atoms with E-state index >= 15 is 0 Å². The molecule has 1 unspecified atom stereocenters. The number of aliphatic carboxylic acids is 1. The maximum atomic E-state index is 13.2. The van der Waals surface area contributed by atoms with Crippen LogP contribution in [0.15, 0.2) is 23.6 Å². The molecule has 11 heteroatoms. The van der Waals surface area contributed by atoms with E-state index in [0.29, 0.717) is 0 Å². The lowest BCUT2D eigenvalue weighted by Gasteiger charge is -2.34. The Bertz CT molecular complexity index is 798. The van der Waals surface area contributed by atoms with Crippen LogP contribution < -0.4 is 14.8 Å². The Labute approximate surface area is 162 Å². The van der Waals surface area contributed by atoms with Crippen molar-refractivity contribution in [2.45, 2.75) is 37.5 Å². The van der Waals surface area contributed by atoms with Crippen LogP contribution in [0.3, 0.4) is 0 Å². The third-order valence-corrected chi connectivity index (χ3v) is 5.08. The van der Waals surface area contributed by atoms with E-state index < -0.39 is 41.6 Å². The van der Waals surface area contributed by atoms with E-state index in [2.05, 4.69) is 15.0 Å². The van der Waals surface area contributed by atoms with Crippen molar-refractivity contribution in [3.05, 3.63) is 34.9 Å². The molecule has 7 nitrogen and oxygen atoms in total. The second kappa shape index (κ2) is 8.00. The second-order valence-electron chi connectivity index (χ2n) is 6.70. The summed E-state index contributed by atoms with van der Waals surface area (Å²) in [6.07, 6.45) is -1.43. The van der Waals surface area contributed by atoms with Gasteiger partial charge in [0.2, 0.25) is 5.88 Å². The average molecular weight is 417 g/mol. The zero-order chi connectivity index (χ0) is 20.4. The third-order valence-electron chi connectivity index (χ3n) is 4.24. The van der Waals surface area contributed by atoms with E-state index in [1.165, 1.54) is 0 Å². The highest BCUT2D eigenvalue weighted by molar-refractivity contribution is 8.00. The lowest BCUT2D eigenvalue weighted by atomic mass is 10.0. The molecule has 1 aromatic rings. The highest BCUT2D eigenvalue weighted by atomic mass is 32.2. The fraction of sp³-hybridized carbons (Fsp3) is 0.471. The fourth-order valence-corrected chi connectivity index (χ4v) is 3.32. The maximum Gasteiger partial charge on any atom is 0.421 e. The Hall–Kier alpha value is -2.27. The van der Waals surface area contributed by atoms with Crippen molar-refractivity contribution >= 4 is 23.8 Å². The molecule has 1 fully saturated rings. The molecule has 1 aliphatic carbocycles. The standard InChI is InChI=1S/C17H18F3N3O4S/c18-17(19,20)11-4-5-12(21-15(11)27-9-10-2-3-10)14(26)22-16(8-13(24)25)6-1-7-28-23-16/h1,4-5,7,10,23H,2-3,6,8-9H2,(H,22,26)(H,24,25). The van der Waals surface area contributed by atoms with Gasteiger partial charge < -0.3 is 15.2 Å². The lowest BCUT2D eigenvalue weighted by molar-refractivity contribution is -0.140. The summed E-state index contributed by atoms with van der Waals surface area (Å²) in [5.41, 5.74) is -2.62. The summed E-state index contributed by atoms with van der Waals surface area (Å²) >= 11 is 1.11. The first-order chi connectivity index (χ1) is 13.2. The summed E-state index contributed by atoms with van der Waals surface area (Å²) in [5, 5.41) is 13.4. The highest BCUT2D eigenvalue weighted by Crippen LogP contribution is 2.37. The number of nitrogens with one attached hydrogen (secondary N) is 2. The number of carboxylic acid groups (broad SMARTS) is 1. The largest absolute Gasteiger partial charge is 0.481 e. The smallest absolute Gasteiger partial charge is 0.421 e. The molecule has 0 bridgehead atoms. The van der Waals surface area contributed by atoms with Crippen LogP contribution in [0.25, 0.3) is 0 Å². The van der Waals surface area contributed by atoms with Gasteiger partial charge in [-0.25, -0.2) is 9.71 Å². The minimum atomic E-state index is -4.67. The number of carbonyl (C=O) groups is 2. The maximum absolute atomic E-state index is 13.2. The fourth-order valence-electron chi connectivity index (χ4n) is 2.63. The predicted molar refractivity (Wildman–Crippen MR) is 94.4 cm³/mol. The van der Waals surface area contributed by atoms with Gasteiger partial charge in [0.05, 0.1) is 13.0 Å². The van der Waals surface area contributed by atoms with E-state index in [9.17, 15) is 22.8 Å². The number of halogens is 3. The van der Waals surface area contributed by atoms with Crippen molar-refractivity contribution in [3.63, 3.8) is 0 Å². The first-order valence-electron chi connectivity index (χ1n) is 8.52. The molecule has 1 atom stereocenters. The van der Waals surface area contributed by atoms with Gasteiger partial charge in [-0.05, 0) is 36.3 Å². The van der Waals surface area contributed by atoms with Crippen LogP contribution >= 0.6 is 11.9 Å². The van der Waals surface area contributed by atoms with Crippen LogP contribution in [0.1, 0.15) is 41.7 Å². The lowest BCUT2D eigenvalue weighted by Crippen LogP contribution is -2.58. The van der Waals surface area contributed by atoms with E-state index in [0.717, 1.165) is 36.9 Å². The van der Waals surface area contributed by atoms with E-state index in [1.807, 2.05) is 0 Å². The molecule has 0 saturated heterocycles. The van der Waals surface area contributed by atoms with E-state index in [4.69, 9.17) is 9.84 Å². The molecule has 1 amide bonds. The van der Waals surface area contributed by atoms with Crippen LogP contribution in [0.4, 0.5) is 13.2 Å². The number of hydrogen-bond donors (Lipinski definition) is 3. The first-order valence-corrected chi connectivity index (χ1v) is 9.40. The molecule has 152 valence electrons. The monoisotopic (exact) mass is 417 g/mol. The van der Waals surface area contributed by atoms with Crippen LogP contribution in [0, 0.1) is 5.92 Å². The van der Waals surface area contributed by atoms with Gasteiger partial charge >= 0.3 is 12.1 Å². The number of hydrogen-bond acceptors (Lipinski definition) is 6. The minimum Gasteiger partial charge on any atom is -0.481 e. The molecule has 3 N–H and O–H groups in total. The number of amides is 1. The van der Waals surface area contributed by atoms with Gasteiger partial charge in [0.15, 0.2) is 0 Å². The van der Waals surface area contributed by atoms with Gasteiger partial charge in [0.25, 0.3) is 5.91 Å². The molecule has 0 radical (unpaired) electrons. The molecule has 1 aromatic heterocycles. The zero-order valence-corrected chi connectivity index (χ0v) is 15.4. The summed E-state index contributed by atoms with van der Waals surface area (Å²) in [7, 11) is 0. The Morgan fingerprint density at radius 1 is 1.39 bits per heavy atom. The molecule has 2 aliphatic rings. The summed E-state index contributed by atoms with van der Waals surface area (Å²) < 4.78 is 47.6. The molecule has 0 spiro atoms. The van der Waals surface area contributed by atoms with Crippen molar-refractivity contribution in [3.8, 4) is 5.88 Å². The topological polar surface area (TPSA) is 101 Å². The molecule has 0 aromatic carbocycles. The van der Waals surface area contributed by atoms with Crippen LogP contribution in [0.2, 0.25) is 0 Å². The number of carbonyl (C=O) groups excluding carboxylic acids is 1. The van der Waals surface area contributed by atoms with Crippen LogP contribution in [-0.2, 0) is 11.0 Å². The van der Waals surface area contributed by atoms with Crippen molar-refractivity contribution in [1.29, 1.82) is 0 Å². The summed E-state index contributed by atoms with van der Waals surface area (Å²) in [4.78, 5) is 27.5. The molecule has 1 aliphatic heterocycles. The Balaban J connectivity index is 1.82. The number of ether oxygens (including phenoxy) is 1. The summed E-state index contributed by atoms with van der Waals surface area (Å²) in [5.74, 6) is -2.38. The average Bonchev–Trinajstić information content (AvgIpc) is 3.43. The molecule has 2 heterocycles. The van der Waals surface area contributed by atoms with Crippen molar-refractivity contribution in [2.75, 3.05) is 6.61 Å². The number of carboxylic acids is 1. The predicted octanol–water partition coefficient (Wildman–Crippen LogP) is 2.95. The number of pyridine rings is 1. The van der Waals surface area contributed by atoms with Crippen molar-refractivity contribution in [1.82, 2.24) is 15.0 Å². The van der Waals surface area contributed by atoms with E-state index in [-0.39, 0.29) is 24.6 Å². The highest BCUT2D eigenvalue weighted by Gasteiger charge is 2.38. The van der Waals surface area contributed by atoms with E-state index in [1.54, 1.807) is 11.5 Å². The summed E-state index contributed by atoms with van der Waals surface area (Å²) in [6.45, 7) is 0.104. The van der Waals surface area contributed by atoms with Gasteiger partial charge in [0, 0.05) is 6.42 Å². The number of rotatable bonds is 7. The number of aromatic nitrogens is 1. The zero-order valence-electron chi connectivity index (χ0n) is 14.6. The third kappa shape index (κ3) is 5.16. The van der Waals surface area contributed by atoms with Gasteiger partial charge in [-0.15, -0.1) is 0 Å². The Kier molecular flexibility index (Phi) is 5.84. The number of nitrogens with zero attached hydrogens (tertiary/aromatic N) is 1. The van der Waals surface area contributed by atoms with Crippen LogP contribution in [0.5, 0.6) is 5.88 Å². The van der Waals surface area contributed by atoms with Gasteiger partial charge in [0.1, 0.15) is 16.9 Å². The SMILES string of the molecule is O=C(O)CC1(NC(=O)c2ccc(C(F)(F)F)c(OCC3CC3)n2)CC=CSN1. The second-order valence-corrected chi connectivity index (χ2v) is 7.42. The quantitative estimate of drug-likeness (QED) is 0.587. The molecular formula is C17H18F3N3O4S. The van der Waals surface area contributed by atoms with Gasteiger partial charge in [-0.3, -0.25) is 9.59 Å². The molecule has 3 rings (SSSR count). The first kappa shape index (κ1) is 20.5. The summed E-state index contributed by atoms with van der Waals surface area (Å²) in [6, 6.07) is 1.69. The minimum absolute atomic E-state index is 0.104. The molecule has 1 saturated carbocycles. The normalized spacial score (nSPS) is 22.0. The molecule has 28 heavy (non-hydrogen) atoms. The van der Waals surface area contributed by atoms with Crippen molar-refractivity contribution in [2.24, 2.45) is 5.92 Å². The Morgan fingerprint density at radius 3 is 2.71 bits per heavy atom. The van der Waals surface area contributed by atoms with Gasteiger partial charge in [-0.1, -0.05) is 18.0 Å².